The molecule has 0 bridgehead atoms. The van der Waals surface area contributed by atoms with Crippen molar-refractivity contribution in [1.82, 2.24) is 9.80 Å². The number of hydrogen-bond acceptors (Lipinski definition) is 4. The molecule has 0 saturated carbocycles. The van der Waals surface area contributed by atoms with Crippen LogP contribution < -0.4 is 10.5 Å². The van der Waals surface area contributed by atoms with Gasteiger partial charge in [0.15, 0.2) is 6.61 Å². The Balaban J connectivity index is 0.00000338. The molecular formula is C19H30ClN3O3. The number of carbonyl (C=O) groups is 2. The van der Waals surface area contributed by atoms with E-state index in [1.54, 1.807) is 9.80 Å². The van der Waals surface area contributed by atoms with Crippen molar-refractivity contribution in [2.75, 3.05) is 32.8 Å². The third kappa shape index (κ3) is 5.88. The highest BCUT2D eigenvalue weighted by atomic mass is 35.5. The van der Waals surface area contributed by atoms with Crippen LogP contribution in [-0.4, -0.2) is 60.4 Å². The van der Waals surface area contributed by atoms with Crippen molar-refractivity contribution >= 4 is 24.2 Å². The number of ether oxygens (including phenoxy) is 1. The summed E-state index contributed by atoms with van der Waals surface area (Å²) in [5.74, 6) is 0.730. The molecule has 1 aliphatic heterocycles. The van der Waals surface area contributed by atoms with Gasteiger partial charge in [0.25, 0.3) is 5.91 Å². The molecule has 2 amide bonds. The fourth-order valence-corrected chi connectivity index (χ4v) is 2.92. The van der Waals surface area contributed by atoms with Crippen LogP contribution in [-0.2, 0) is 9.59 Å². The fourth-order valence-electron chi connectivity index (χ4n) is 2.92. The summed E-state index contributed by atoms with van der Waals surface area (Å²) in [5.41, 5.74) is 8.14. The molecule has 0 aliphatic carbocycles. The summed E-state index contributed by atoms with van der Waals surface area (Å²) in [6.07, 6.45) is 0. The molecular weight excluding hydrogens is 354 g/mol. The summed E-state index contributed by atoms with van der Waals surface area (Å²) in [6.45, 7) is 9.97. The molecule has 0 aromatic heterocycles. The minimum atomic E-state index is -0.477. The Morgan fingerprint density at radius 1 is 1.04 bits per heavy atom. The molecule has 1 fully saturated rings. The van der Waals surface area contributed by atoms with E-state index in [-0.39, 0.29) is 36.7 Å². The van der Waals surface area contributed by atoms with E-state index in [1.807, 2.05) is 39.8 Å². The Morgan fingerprint density at radius 2 is 1.54 bits per heavy atom. The van der Waals surface area contributed by atoms with Crippen LogP contribution in [0.25, 0.3) is 0 Å². The van der Waals surface area contributed by atoms with Crippen molar-refractivity contribution in [3.8, 4) is 5.75 Å². The SMILES string of the molecule is Cc1cc(C)cc(OCC(=O)N2CCN(C(=O)[C@@H](N)C(C)C)CC2)c1.Cl. The third-order valence-corrected chi connectivity index (χ3v) is 4.50. The van der Waals surface area contributed by atoms with E-state index in [2.05, 4.69) is 6.07 Å². The van der Waals surface area contributed by atoms with Gasteiger partial charge in [0.2, 0.25) is 5.91 Å². The molecule has 146 valence electrons. The number of nitrogens with zero attached hydrogens (tertiary/aromatic N) is 2. The molecule has 1 atom stereocenters. The number of carbonyl (C=O) groups excluding carboxylic acids is 2. The van der Waals surface area contributed by atoms with Crippen molar-refractivity contribution in [3.05, 3.63) is 29.3 Å². The summed E-state index contributed by atoms with van der Waals surface area (Å²) in [6, 6.07) is 5.43. The number of aryl methyl sites for hydroxylation is 2. The van der Waals surface area contributed by atoms with Crippen molar-refractivity contribution in [1.29, 1.82) is 0 Å². The predicted octanol–water partition coefficient (Wildman–Crippen LogP) is 1.76. The minimum absolute atomic E-state index is 0. The van der Waals surface area contributed by atoms with Gasteiger partial charge in [-0.05, 0) is 43.0 Å². The maximum atomic E-state index is 12.3. The molecule has 0 radical (unpaired) electrons. The molecule has 1 heterocycles. The Hall–Kier alpha value is -1.79. The number of piperazine rings is 1. The zero-order valence-corrected chi connectivity index (χ0v) is 16.8. The lowest BCUT2D eigenvalue weighted by Gasteiger charge is -2.36. The summed E-state index contributed by atoms with van der Waals surface area (Å²) >= 11 is 0. The van der Waals surface area contributed by atoms with Gasteiger partial charge in [0.05, 0.1) is 6.04 Å². The Morgan fingerprint density at radius 3 is 2.04 bits per heavy atom. The lowest BCUT2D eigenvalue weighted by molar-refractivity contribution is -0.141. The number of amides is 2. The van der Waals surface area contributed by atoms with Crippen molar-refractivity contribution in [2.24, 2.45) is 11.7 Å². The molecule has 1 aliphatic rings. The number of rotatable bonds is 5. The maximum absolute atomic E-state index is 12.3. The summed E-state index contributed by atoms with van der Waals surface area (Å²) in [4.78, 5) is 28.1. The van der Waals surface area contributed by atoms with Crippen LogP contribution in [0.2, 0.25) is 0 Å². The lowest BCUT2D eigenvalue weighted by atomic mass is 10.0. The normalized spacial score (nSPS) is 15.5. The van der Waals surface area contributed by atoms with Crippen LogP contribution in [0.1, 0.15) is 25.0 Å². The quantitative estimate of drug-likeness (QED) is 0.840. The number of hydrogen-bond donors (Lipinski definition) is 1. The standard InChI is InChI=1S/C19H29N3O3.ClH/c1-13(2)18(20)19(24)22-7-5-21(6-8-22)17(23)12-25-16-10-14(3)9-15(4)11-16;/h9-11,13,18H,5-8,12,20H2,1-4H3;1H/t18-;/m0./s1. The monoisotopic (exact) mass is 383 g/mol. The van der Waals surface area contributed by atoms with E-state index in [0.29, 0.717) is 31.9 Å². The molecule has 2 N–H and O–H groups in total. The molecule has 6 nitrogen and oxygen atoms in total. The second-order valence-corrected chi connectivity index (χ2v) is 7.09. The minimum Gasteiger partial charge on any atom is -0.484 e. The Labute approximate surface area is 162 Å². The molecule has 1 aromatic rings. The smallest absolute Gasteiger partial charge is 0.260 e. The average Bonchev–Trinajstić information content (AvgIpc) is 2.57. The zero-order chi connectivity index (χ0) is 18.6. The van der Waals surface area contributed by atoms with Gasteiger partial charge in [-0.1, -0.05) is 19.9 Å². The van der Waals surface area contributed by atoms with Crippen LogP contribution >= 0.6 is 12.4 Å². The molecule has 0 spiro atoms. The summed E-state index contributed by atoms with van der Waals surface area (Å²) in [7, 11) is 0. The van der Waals surface area contributed by atoms with Crippen LogP contribution in [0.3, 0.4) is 0 Å². The van der Waals surface area contributed by atoms with E-state index >= 15 is 0 Å². The van der Waals surface area contributed by atoms with Crippen LogP contribution in [0.5, 0.6) is 5.75 Å². The first-order valence-corrected chi connectivity index (χ1v) is 8.81. The fraction of sp³-hybridized carbons (Fsp3) is 0.579. The van der Waals surface area contributed by atoms with Gasteiger partial charge < -0.3 is 20.3 Å². The number of nitrogens with two attached hydrogens (primary N) is 1. The first-order chi connectivity index (χ1) is 11.8. The second-order valence-electron chi connectivity index (χ2n) is 7.09. The first-order valence-electron chi connectivity index (χ1n) is 8.81. The lowest BCUT2D eigenvalue weighted by Crippen LogP contribution is -2.55. The Kier molecular flexibility index (Phi) is 8.37. The highest BCUT2D eigenvalue weighted by Crippen LogP contribution is 2.16. The summed E-state index contributed by atoms with van der Waals surface area (Å²) in [5, 5.41) is 0. The molecule has 26 heavy (non-hydrogen) atoms. The van der Waals surface area contributed by atoms with Gasteiger partial charge in [-0.2, -0.15) is 0 Å². The van der Waals surface area contributed by atoms with E-state index in [1.165, 1.54) is 0 Å². The van der Waals surface area contributed by atoms with E-state index < -0.39 is 6.04 Å². The van der Waals surface area contributed by atoms with Crippen LogP contribution in [0.4, 0.5) is 0 Å². The topological polar surface area (TPSA) is 75.9 Å². The zero-order valence-electron chi connectivity index (χ0n) is 16.0. The largest absolute Gasteiger partial charge is 0.484 e. The van der Waals surface area contributed by atoms with Crippen LogP contribution in [0.15, 0.2) is 18.2 Å². The molecule has 7 heteroatoms. The second kappa shape index (κ2) is 9.78. The van der Waals surface area contributed by atoms with Crippen molar-refractivity contribution < 1.29 is 14.3 Å². The third-order valence-electron chi connectivity index (χ3n) is 4.50. The van der Waals surface area contributed by atoms with Gasteiger partial charge in [-0.25, -0.2) is 0 Å². The van der Waals surface area contributed by atoms with Gasteiger partial charge in [0, 0.05) is 26.2 Å². The molecule has 0 unspecified atom stereocenters. The molecule has 1 saturated heterocycles. The Bertz CT molecular complexity index is 608. The highest BCUT2D eigenvalue weighted by Gasteiger charge is 2.28. The number of halogens is 1. The first kappa shape index (κ1) is 22.3. The van der Waals surface area contributed by atoms with Gasteiger partial charge >= 0.3 is 0 Å². The van der Waals surface area contributed by atoms with Gasteiger partial charge in [-0.15, -0.1) is 12.4 Å². The van der Waals surface area contributed by atoms with E-state index in [0.717, 1.165) is 11.1 Å². The number of benzene rings is 1. The average molecular weight is 384 g/mol. The predicted molar refractivity (Wildman–Crippen MR) is 105 cm³/mol. The molecule has 2 rings (SSSR count). The van der Waals surface area contributed by atoms with Crippen LogP contribution in [0, 0.1) is 19.8 Å². The molecule has 1 aromatic carbocycles. The van der Waals surface area contributed by atoms with E-state index in [4.69, 9.17) is 10.5 Å². The van der Waals surface area contributed by atoms with Gasteiger partial charge in [0.1, 0.15) is 5.75 Å². The maximum Gasteiger partial charge on any atom is 0.260 e. The van der Waals surface area contributed by atoms with E-state index in [9.17, 15) is 9.59 Å². The summed E-state index contributed by atoms with van der Waals surface area (Å²) < 4.78 is 5.63. The van der Waals surface area contributed by atoms with Crippen molar-refractivity contribution in [3.63, 3.8) is 0 Å². The highest BCUT2D eigenvalue weighted by molar-refractivity contribution is 5.85. The van der Waals surface area contributed by atoms with Crippen molar-refractivity contribution in [2.45, 2.75) is 33.7 Å². The van der Waals surface area contributed by atoms with Gasteiger partial charge in [-0.3, -0.25) is 9.59 Å².